The summed E-state index contributed by atoms with van der Waals surface area (Å²) in [5.41, 5.74) is 2.28. The molecule has 0 unspecified atom stereocenters. The first-order chi connectivity index (χ1) is 19.6. The fourth-order valence-electron chi connectivity index (χ4n) is 4.78. The van der Waals surface area contributed by atoms with Crippen molar-refractivity contribution in [2.45, 2.75) is 44.8 Å². The van der Waals surface area contributed by atoms with E-state index >= 15 is 0 Å². The summed E-state index contributed by atoms with van der Waals surface area (Å²) in [6.45, 7) is 6.95. The minimum absolute atomic E-state index is 0.102. The number of pyridine rings is 3. The van der Waals surface area contributed by atoms with Gasteiger partial charge in [0.15, 0.2) is 0 Å². The lowest BCUT2D eigenvalue weighted by Gasteiger charge is -2.40. The maximum atomic E-state index is 12.8. The predicted octanol–water partition coefficient (Wildman–Crippen LogP) is 3.58. The van der Waals surface area contributed by atoms with Gasteiger partial charge in [-0.3, -0.25) is 4.79 Å². The second-order valence-electron chi connectivity index (χ2n) is 11.1. The number of aliphatic hydroxyl groups is 1. The Hall–Kier alpha value is -4.93. The molecule has 0 aromatic carbocycles. The van der Waals surface area contributed by atoms with Crippen LogP contribution in [0.2, 0.25) is 0 Å². The highest BCUT2D eigenvalue weighted by atomic mass is 16.5. The summed E-state index contributed by atoms with van der Waals surface area (Å²) in [4.78, 5) is 23.8. The van der Waals surface area contributed by atoms with E-state index in [1.807, 2.05) is 18.2 Å². The van der Waals surface area contributed by atoms with Gasteiger partial charge in [-0.2, -0.15) is 10.4 Å². The Balaban J connectivity index is 1.30. The first-order valence-electron chi connectivity index (χ1n) is 13.3. The van der Waals surface area contributed by atoms with Crippen LogP contribution < -0.4 is 15.0 Å². The van der Waals surface area contributed by atoms with Gasteiger partial charge in [-0.05, 0) is 63.9 Å². The molecule has 5 heterocycles. The zero-order chi connectivity index (χ0) is 29.2. The minimum atomic E-state index is -1.00. The molecule has 41 heavy (non-hydrogen) atoms. The van der Waals surface area contributed by atoms with Gasteiger partial charge in [0.25, 0.3) is 5.91 Å². The Labute approximate surface area is 238 Å². The van der Waals surface area contributed by atoms with Crippen molar-refractivity contribution in [3.05, 3.63) is 71.9 Å². The summed E-state index contributed by atoms with van der Waals surface area (Å²) < 4.78 is 7.44. The van der Waals surface area contributed by atoms with Crippen LogP contribution in [0.1, 0.15) is 55.2 Å². The molecule has 5 rings (SSSR count). The van der Waals surface area contributed by atoms with Crippen LogP contribution in [0.15, 0.2) is 55.1 Å². The van der Waals surface area contributed by atoms with E-state index in [1.54, 1.807) is 42.9 Å². The van der Waals surface area contributed by atoms with Crippen molar-refractivity contribution in [3.63, 3.8) is 0 Å². The Kier molecular flexibility index (Phi) is 7.36. The summed E-state index contributed by atoms with van der Waals surface area (Å²) in [5, 5.41) is 27.2. The van der Waals surface area contributed by atoms with E-state index in [9.17, 15) is 15.2 Å². The molecule has 0 spiro atoms. The molecule has 0 aliphatic carbocycles. The van der Waals surface area contributed by atoms with Crippen LogP contribution >= 0.6 is 0 Å². The first-order valence-corrected chi connectivity index (χ1v) is 13.3. The van der Waals surface area contributed by atoms with Gasteiger partial charge in [0.1, 0.15) is 29.9 Å². The zero-order valence-electron chi connectivity index (χ0n) is 23.3. The molecule has 1 saturated heterocycles. The lowest BCUT2D eigenvalue weighted by molar-refractivity contribution is 0.0283. The number of nitrogens with zero attached hydrogens (tertiary/aromatic N) is 6. The quantitative estimate of drug-likeness (QED) is 0.335. The highest BCUT2D eigenvalue weighted by Gasteiger charge is 2.32. The van der Waals surface area contributed by atoms with E-state index in [1.165, 1.54) is 12.4 Å². The molecule has 2 N–H and O–H groups in total. The standard InChI is InChI=1S/C31H31N7O3/c1-5-24-8-6-22(17-33-24)29(39)36-31(4)10-12-37(13-11-31)27-9-7-21(16-34-27)26-14-25(41-20-30(2,3)40)19-38-28(26)23(15-32)18-35-38/h1,6-9,14,16-19,40H,10-13,20H2,2-4H3,(H,36,39). The molecule has 1 fully saturated rings. The van der Waals surface area contributed by atoms with Crippen molar-refractivity contribution in [1.29, 1.82) is 5.26 Å². The van der Waals surface area contributed by atoms with Gasteiger partial charge >= 0.3 is 0 Å². The Morgan fingerprint density at radius 3 is 2.59 bits per heavy atom. The average Bonchev–Trinajstić information content (AvgIpc) is 3.39. The molecule has 10 nitrogen and oxygen atoms in total. The van der Waals surface area contributed by atoms with Crippen LogP contribution in [0.3, 0.4) is 0 Å². The van der Waals surface area contributed by atoms with Crippen molar-refractivity contribution in [3.8, 4) is 35.3 Å². The molecule has 1 aliphatic rings. The molecule has 0 saturated carbocycles. The third-order valence-corrected chi connectivity index (χ3v) is 7.14. The van der Waals surface area contributed by atoms with E-state index in [4.69, 9.17) is 16.1 Å². The number of terminal acetylenes is 1. The van der Waals surface area contributed by atoms with Crippen LogP contribution in [0.25, 0.3) is 16.6 Å². The normalized spacial score (nSPS) is 14.7. The number of piperidine rings is 1. The zero-order valence-corrected chi connectivity index (χ0v) is 23.3. The highest BCUT2D eigenvalue weighted by Crippen LogP contribution is 2.32. The van der Waals surface area contributed by atoms with Gasteiger partial charge in [0.05, 0.1) is 34.6 Å². The number of hydrogen-bond donors (Lipinski definition) is 2. The number of amides is 1. The van der Waals surface area contributed by atoms with Crippen LogP contribution in [-0.2, 0) is 0 Å². The molecular weight excluding hydrogens is 518 g/mol. The number of ether oxygens (including phenoxy) is 1. The maximum Gasteiger partial charge on any atom is 0.253 e. The lowest BCUT2D eigenvalue weighted by Crippen LogP contribution is -2.53. The number of aromatic nitrogens is 4. The molecule has 0 atom stereocenters. The van der Waals surface area contributed by atoms with Crippen molar-refractivity contribution in [2.24, 2.45) is 0 Å². The fraction of sp³-hybridized carbons (Fsp3) is 0.323. The third-order valence-electron chi connectivity index (χ3n) is 7.14. The highest BCUT2D eigenvalue weighted by molar-refractivity contribution is 5.94. The monoisotopic (exact) mass is 549 g/mol. The van der Waals surface area contributed by atoms with Gasteiger partial charge in [0.2, 0.25) is 0 Å². The number of nitrogens with one attached hydrogen (secondary N) is 1. The number of anilines is 1. The van der Waals surface area contributed by atoms with E-state index in [-0.39, 0.29) is 18.1 Å². The molecule has 10 heteroatoms. The third kappa shape index (κ3) is 6.13. The number of nitriles is 1. The Morgan fingerprint density at radius 2 is 1.98 bits per heavy atom. The van der Waals surface area contributed by atoms with Crippen molar-refractivity contribution in [2.75, 3.05) is 24.6 Å². The second-order valence-corrected chi connectivity index (χ2v) is 11.1. The van der Waals surface area contributed by atoms with Gasteiger partial charge < -0.3 is 20.1 Å². The predicted molar refractivity (Wildman–Crippen MR) is 154 cm³/mol. The number of carbonyl (C=O) groups excluding carboxylic acids is 1. The van der Waals surface area contributed by atoms with Gasteiger partial charge in [0, 0.05) is 42.1 Å². The van der Waals surface area contributed by atoms with E-state index in [0.29, 0.717) is 28.1 Å². The van der Waals surface area contributed by atoms with E-state index in [2.05, 4.69) is 39.2 Å². The number of carbonyl (C=O) groups is 1. The van der Waals surface area contributed by atoms with Crippen LogP contribution in [0, 0.1) is 23.7 Å². The minimum Gasteiger partial charge on any atom is -0.489 e. The van der Waals surface area contributed by atoms with E-state index < -0.39 is 5.60 Å². The average molecular weight is 550 g/mol. The molecule has 1 amide bonds. The van der Waals surface area contributed by atoms with Crippen molar-refractivity contribution < 1.29 is 14.6 Å². The SMILES string of the molecule is C#Cc1ccc(C(=O)NC2(C)CCN(c3ccc(-c4cc(OCC(C)(C)O)cn5ncc(C#N)c45)cn3)CC2)cn1. The largest absolute Gasteiger partial charge is 0.489 e. The number of rotatable bonds is 7. The maximum absolute atomic E-state index is 12.8. The van der Waals surface area contributed by atoms with Crippen LogP contribution in [0.4, 0.5) is 5.82 Å². The van der Waals surface area contributed by atoms with Gasteiger partial charge in [-0.25, -0.2) is 14.5 Å². The summed E-state index contributed by atoms with van der Waals surface area (Å²) in [5.74, 6) is 3.63. The van der Waals surface area contributed by atoms with Crippen molar-refractivity contribution in [1.82, 2.24) is 24.9 Å². The molecular formula is C31H31N7O3. The summed E-state index contributed by atoms with van der Waals surface area (Å²) in [7, 11) is 0. The number of hydrogen-bond acceptors (Lipinski definition) is 8. The number of fused-ring (bicyclic) bond motifs is 1. The summed E-state index contributed by atoms with van der Waals surface area (Å²) >= 11 is 0. The van der Waals surface area contributed by atoms with Gasteiger partial charge in [-0.15, -0.1) is 6.42 Å². The Morgan fingerprint density at radius 1 is 1.20 bits per heavy atom. The molecule has 0 bridgehead atoms. The smallest absolute Gasteiger partial charge is 0.253 e. The first kappa shape index (κ1) is 27.6. The fourth-order valence-corrected chi connectivity index (χ4v) is 4.78. The van der Waals surface area contributed by atoms with Crippen LogP contribution in [0.5, 0.6) is 5.75 Å². The van der Waals surface area contributed by atoms with E-state index in [0.717, 1.165) is 42.9 Å². The Bertz CT molecular complexity index is 1650. The molecule has 1 aliphatic heterocycles. The molecule has 0 radical (unpaired) electrons. The summed E-state index contributed by atoms with van der Waals surface area (Å²) in [6, 6.07) is 11.3. The van der Waals surface area contributed by atoms with Gasteiger partial charge in [-0.1, -0.05) is 5.92 Å². The molecule has 4 aromatic rings. The van der Waals surface area contributed by atoms with Crippen molar-refractivity contribution >= 4 is 17.2 Å². The topological polar surface area (TPSA) is 129 Å². The lowest BCUT2D eigenvalue weighted by atomic mass is 9.89. The molecule has 208 valence electrons. The summed E-state index contributed by atoms with van der Waals surface area (Å²) in [6.07, 6.45) is 13.3. The van der Waals surface area contributed by atoms with Crippen LogP contribution in [-0.4, -0.2) is 61.4 Å². The second kappa shape index (κ2) is 10.9. The molecule has 4 aromatic heterocycles.